The Morgan fingerprint density at radius 1 is 1.16 bits per heavy atom. The molecule has 3 nitrogen and oxygen atoms in total. The summed E-state index contributed by atoms with van der Waals surface area (Å²) in [6.07, 6.45) is 0. The third kappa shape index (κ3) is 1.94. The largest absolute Gasteiger partial charge is 0.380 e. The van der Waals surface area contributed by atoms with Gasteiger partial charge in [0.05, 0.1) is 5.56 Å². The van der Waals surface area contributed by atoms with Crippen molar-refractivity contribution in [1.29, 1.82) is 0 Å². The highest BCUT2D eigenvalue weighted by molar-refractivity contribution is 7.13. The number of rotatable bonds is 2. The van der Waals surface area contributed by atoms with Crippen LogP contribution in [0.4, 0.5) is 5.82 Å². The van der Waals surface area contributed by atoms with Gasteiger partial charge in [-0.2, -0.15) is 0 Å². The second kappa shape index (κ2) is 4.55. The van der Waals surface area contributed by atoms with Gasteiger partial charge in [-0.3, -0.25) is 0 Å². The zero-order chi connectivity index (χ0) is 13.4. The predicted molar refractivity (Wildman–Crippen MR) is 79.1 cm³/mol. The minimum atomic E-state index is 0.443. The van der Waals surface area contributed by atoms with E-state index in [0.717, 1.165) is 21.8 Å². The third-order valence-corrected chi connectivity index (χ3v) is 4.22. The van der Waals surface area contributed by atoms with Gasteiger partial charge in [0.1, 0.15) is 0 Å². The van der Waals surface area contributed by atoms with Crippen LogP contribution in [-0.2, 0) is 0 Å². The lowest BCUT2D eigenvalue weighted by atomic mass is 9.99. The van der Waals surface area contributed by atoms with Crippen LogP contribution in [0.5, 0.6) is 0 Å². The fourth-order valence-electron chi connectivity index (χ4n) is 2.14. The van der Waals surface area contributed by atoms with Gasteiger partial charge in [-0.1, -0.05) is 29.4 Å². The van der Waals surface area contributed by atoms with Gasteiger partial charge in [-0.25, -0.2) is 0 Å². The Bertz CT molecular complexity index is 714. The molecule has 0 aliphatic heterocycles. The molecule has 2 aromatic heterocycles. The van der Waals surface area contributed by atoms with E-state index in [1.54, 1.807) is 11.3 Å². The summed E-state index contributed by atoms with van der Waals surface area (Å²) in [5.41, 5.74) is 10.3. The second-order valence-corrected chi connectivity index (χ2v) is 5.44. The van der Waals surface area contributed by atoms with Gasteiger partial charge >= 0.3 is 0 Å². The van der Waals surface area contributed by atoms with E-state index < -0.39 is 0 Å². The first kappa shape index (κ1) is 12.0. The second-order valence-electron chi connectivity index (χ2n) is 4.50. The number of hydrogen-bond acceptors (Lipinski definition) is 4. The van der Waals surface area contributed by atoms with Crippen LogP contribution < -0.4 is 5.73 Å². The number of nitrogen functional groups attached to an aromatic ring is 1. The number of thiophene rings is 1. The Morgan fingerprint density at radius 2 is 2.00 bits per heavy atom. The van der Waals surface area contributed by atoms with E-state index in [2.05, 4.69) is 25.1 Å². The third-order valence-electron chi connectivity index (χ3n) is 3.34. The molecular formula is C15H14N2OS. The molecule has 96 valence electrons. The molecule has 1 aromatic carbocycles. The number of anilines is 1. The topological polar surface area (TPSA) is 52.0 Å². The quantitative estimate of drug-likeness (QED) is 0.756. The summed E-state index contributed by atoms with van der Waals surface area (Å²) < 4.78 is 5.47. The molecular weight excluding hydrogens is 256 g/mol. The molecule has 0 saturated heterocycles. The zero-order valence-electron chi connectivity index (χ0n) is 10.8. The zero-order valence-corrected chi connectivity index (χ0v) is 11.6. The predicted octanol–water partition coefficient (Wildman–Crippen LogP) is 4.27. The van der Waals surface area contributed by atoms with Crippen LogP contribution in [0.25, 0.3) is 21.8 Å². The maximum absolute atomic E-state index is 5.96. The minimum Gasteiger partial charge on any atom is -0.380 e. The molecule has 0 saturated carbocycles. The maximum atomic E-state index is 5.96. The van der Waals surface area contributed by atoms with Crippen molar-refractivity contribution in [1.82, 2.24) is 5.16 Å². The first-order valence-corrected chi connectivity index (χ1v) is 6.92. The average molecular weight is 270 g/mol. The summed E-state index contributed by atoms with van der Waals surface area (Å²) >= 11 is 1.63. The standard InChI is InChI=1S/C15H14N2OS/c1-9-5-3-6-11(10(9)2)14-13(15(16)17-18-14)12-7-4-8-19-12/h3-8H,1-2H3,(H2,16,17). The van der Waals surface area contributed by atoms with Gasteiger partial charge in [0.25, 0.3) is 0 Å². The van der Waals surface area contributed by atoms with E-state index in [-0.39, 0.29) is 0 Å². The summed E-state index contributed by atoms with van der Waals surface area (Å²) in [6, 6.07) is 10.2. The molecule has 3 aromatic rings. The van der Waals surface area contributed by atoms with Crippen molar-refractivity contribution in [2.24, 2.45) is 0 Å². The fraction of sp³-hybridized carbons (Fsp3) is 0.133. The van der Waals surface area contributed by atoms with Crippen LogP contribution in [0.3, 0.4) is 0 Å². The Balaban J connectivity index is 2.25. The van der Waals surface area contributed by atoms with Gasteiger partial charge in [0.15, 0.2) is 11.6 Å². The summed E-state index contributed by atoms with van der Waals surface area (Å²) in [5, 5.41) is 5.95. The van der Waals surface area contributed by atoms with Crippen molar-refractivity contribution in [3.05, 3.63) is 46.8 Å². The molecule has 0 spiro atoms. The Morgan fingerprint density at radius 3 is 2.74 bits per heavy atom. The van der Waals surface area contributed by atoms with E-state index in [1.807, 2.05) is 29.6 Å². The summed E-state index contributed by atoms with van der Waals surface area (Å²) in [4.78, 5) is 1.08. The molecule has 19 heavy (non-hydrogen) atoms. The van der Waals surface area contributed by atoms with Crippen molar-refractivity contribution >= 4 is 17.2 Å². The first-order valence-electron chi connectivity index (χ1n) is 6.04. The molecule has 0 amide bonds. The van der Waals surface area contributed by atoms with Gasteiger partial charge in [0, 0.05) is 10.4 Å². The van der Waals surface area contributed by atoms with Gasteiger partial charge in [-0.05, 0) is 36.4 Å². The van der Waals surface area contributed by atoms with E-state index >= 15 is 0 Å². The molecule has 4 heteroatoms. The van der Waals surface area contributed by atoms with Crippen LogP contribution in [0.2, 0.25) is 0 Å². The van der Waals surface area contributed by atoms with Crippen LogP contribution in [0.15, 0.2) is 40.2 Å². The Kier molecular flexibility index (Phi) is 2.87. The molecule has 0 atom stereocenters. The SMILES string of the molecule is Cc1cccc(-c2onc(N)c2-c2cccs2)c1C. The lowest BCUT2D eigenvalue weighted by Crippen LogP contribution is -1.89. The molecule has 2 heterocycles. The van der Waals surface area contributed by atoms with Gasteiger partial charge in [0.2, 0.25) is 0 Å². The molecule has 0 aliphatic carbocycles. The lowest BCUT2D eigenvalue weighted by Gasteiger charge is -2.06. The van der Waals surface area contributed by atoms with Crippen molar-refractivity contribution in [3.8, 4) is 21.8 Å². The van der Waals surface area contributed by atoms with Crippen molar-refractivity contribution < 1.29 is 4.52 Å². The van der Waals surface area contributed by atoms with Crippen LogP contribution >= 0.6 is 11.3 Å². The van der Waals surface area contributed by atoms with Crippen molar-refractivity contribution in [3.63, 3.8) is 0 Å². The summed E-state index contributed by atoms with van der Waals surface area (Å²) in [6.45, 7) is 4.17. The van der Waals surface area contributed by atoms with E-state index in [4.69, 9.17) is 10.3 Å². The number of benzene rings is 1. The van der Waals surface area contributed by atoms with E-state index in [9.17, 15) is 0 Å². The molecule has 0 fully saturated rings. The van der Waals surface area contributed by atoms with E-state index in [1.165, 1.54) is 11.1 Å². The van der Waals surface area contributed by atoms with Gasteiger partial charge < -0.3 is 10.3 Å². The Hall–Kier alpha value is -2.07. The van der Waals surface area contributed by atoms with Crippen molar-refractivity contribution in [2.75, 3.05) is 5.73 Å². The minimum absolute atomic E-state index is 0.443. The Labute approximate surface area is 115 Å². The number of hydrogen-bond donors (Lipinski definition) is 1. The lowest BCUT2D eigenvalue weighted by molar-refractivity contribution is 0.436. The number of nitrogens with two attached hydrogens (primary N) is 1. The maximum Gasteiger partial charge on any atom is 0.178 e. The molecule has 3 rings (SSSR count). The first-order chi connectivity index (χ1) is 9.18. The van der Waals surface area contributed by atoms with Crippen molar-refractivity contribution in [2.45, 2.75) is 13.8 Å². The normalized spacial score (nSPS) is 10.8. The molecule has 0 radical (unpaired) electrons. The molecule has 2 N–H and O–H groups in total. The average Bonchev–Trinajstić information content (AvgIpc) is 3.02. The van der Waals surface area contributed by atoms with Crippen LogP contribution in [-0.4, -0.2) is 5.16 Å². The number of aromatic nitrogens is 1. The number of aryl methyl sites for hydroxylation is 1. The highest BCUT2D eigenvalue weighted by Gasteiger charge is 2.19. The van der Waals surface area contributed by atoms with Gasteiger partial charge in [-0.15, -0.1) is 11.3 Å². The molecule has 0 unspecified atom stereocenters. The number of nitrogens with zero attached hydrogens (tertiary/aromatic N) is 1. The fourth-order valence-corrected chi connectivity index (χ4v) is 2.92. The summed E-state index contributed by atoms with van der Waals surface area (Å²) in [7, 11) is 0. The van der Waals surface area contributed by atoms with E-state index in [0.29, 0.717) is 5.82 Å². The molecule has 0 aliphatic rings. The van der Waals surface area contributed by atoms with Crippen LogP contribution in [0, 0.1) is 13.8 Å². The highest BCUT2D eigenvalue weighted by atomic mass is 32.1. The monoisotopic (exact) mass is 270 g/mol. The smallest absolute Gasteiger partial charge is 0.178 e. The summed E-state index contributed by atoms with van der Waals surface area (Å²) in [5.74, 6) is 1.19. The molecule has 0 bridgehead atoms. The van der Waals surface area contributed by atoms with Crippen LogP contribution in [0.1, 0.15) is 11.1 Å². The highest BCUT2D eigenvalue weighted by Crippen LogP contribution is 2.40.